The highest BCUT2D eigenvalue weighted by Crippen LogP contribution is 2.13. The number of rotatable bonds is 7. The lowest BCUT2D eigenvalue weighted by molar-refractivity contribution is -0.134. The fraction of sp³-hybridized carbons (Fsp3) is 0.529. The Morgan fingerprint density at radius 1 is 1.33 bits per heavy atom. The molecule has 0 bridgehead atoms. The smallest absolute Gasteiger partial charge is 0.240 e. The van der Waals surface area contributed by atoms with Gasteiger partial charge in [0.15, 0.2) is 0 Å². The topological polar surface area (TPSA) is 70.1 Å². The lowest BCUT2D eigenvalue weighted by Crippen LogP contribution is -2.47. The summed E-state index contributed by atoms with van der Waals surface area (Å²) >= 11 is 0. The van der Waals surface area contributed by atoms with Crippen LogP contribution in [0.2, 0.25) is 0 Å². The summed E-state index contributed by atoms with van der Waals surface area (Å²) < 4.78 is 0. The van der Waals surface area contributed by atoms with Gasteiger partial charge in [-0.15, -0.1) is 0 Å². The maximum absolute atomic E-state index is 12.5. The quantitative estimate of drug-likeness (QED) is 0.838. The number of nitriles is 1. The molecule has 4 heteroatoms. The minimum atomic E-state index is -0.445. The average molecular weight is 287 g/mol. The summed E-state index contributed by atoms with van der Waals surface area (Å²) in [6, 6.07) is 8.99. The molecule has 0 aliphatic heterocycles. The van der Waals surface area contributed by atoms with Gasteiger partial charge in [0, 0.05) is 13.1 Å². The molecule has 0 heterocycles. The van der Waals surface area contributed by atoms with Gasteiger partial charge >= 0.3 is 0 Å². The largest absolute Gasteiger partial charge is 0.337 e. The SMILES string of the molecule is CCCN(Cc1ccc(C#N)cc1)C(=O)[C@@H](N)[C@@H](C)CC. The van der Waals surface area contributed by atoms with Gasteiger partial charge in [0.05, 0.1) is 17.7 Å². The van der Waals surface area contributed by atoms with E-state index in [1.54, 1.807) is 12.1 Å². The van der Waals surface area contributed by atoms with Gasteiger partial charge in [-0.1, -0.05) is 39.3 Å². The van der Waals surface area contributed by atoms with Gasteiger partial charge in [-0.3, -0.25) is 4.79 Å². The highest BCUT2D eigenvalue weighted by Gasteiger charge is 2.24. The van der Waals surface area contributed by atoms with Crippen LogP contribution in [0.5, 0.6) is 0 Å². The molecule has 1 rings (SSSR count). The van der Waals surface area contributed by atoms with Crippen molar-refractivity contribution in [3.05, 3.63) is 35.4 Å². The molecule has 114 valence electrons. The van der Waals surface area contributed by atoms with Crippen LogP contribution in [0.15, 0.2) is 24.3 Å². The molecule has 1 aromatic carbocycles. The van der Waals surface area contributed by atoms with Gasteiger partial charge in [0.25, 0.3) is 0 Å². The number of amides is 1. The summed E-state index contributed by atoms with van der Waals surface area (Å²) in [5, 5.41) is 8.81. The molecule has 0 aliphatic carbocycles. The number of nitrogens with zero attached hydrogens (tertiary/aromatic N) is 2. The van der Waals surface area contributed by atoms with Crippen LogP contribution in [0, 0.1) is 17.2 Å². The summed E-state index contributed by atoms with van der Waals surface area (Å²) in [6.07, 6.45) is 1.79. The zero-order chi connectivity index (χ0) is 15.8. The Morgan fingerprint density at radius 3 is 2.43 bits per heavy atom. The highest BCUT2D eigenvalue weighted by molar-refractivity contribution is 5.82. The summed E-state index contributed by atoms with van der Waals surface area (Å²) in [4.78, 5) is 14.3. The van der Waals surface area contributed by atoms with Crippen molar-refractivity contribution in [2.24, 2.45) is 11.7 Å². The molecule has 0 aliphatic rings. The van der Waals surface area contributed by atoms with Gasteiger partial charge in [-0.05, 0) is 30.0 Å². The molecule has 1 amide bonds. The van der Waals surface area contributed by atoms with Crippen LogP contribution in [-0.2, 0) is 11.3 Å². The van der Waals surface area contributed by atoms with Crippen molar-refractivity contribution in [2.45, 2.75) is 46.2 Å². The Morgan fingerprint density at radius 2 is 1.95 bits per heavy atom. The molecule has 0 radical (unpaired) electrons. The maximum Gasteiger partial charge on any atom is 0.240 e. The van der Waals surface area contributed by atoms with Crippen molar-refractivity contribution in [1.82, 2.24) is 4.90 Å². The summed E-state index contributed by atoms with van der Waals surface area (Å²) in [5.41, 5.74) is 7.72. The molecular weight excluding hydrogens is 262 g/mol. The monoisotopic (exact) mass is 287 g/mol. The number of hydrogen-bond donors (Lipinski definition) is 1. The highest BCUT2D eigenvalue weighted by atomic mass is 16.2. The van der Waals surface area contributed by atoms with Gasteiger partial charge < -0.3 is 10.6 Å². The zero-order valence-corrected chi connectivity index (χ0v) is 13.2. The number of carbonyl (C=O) groups excluding carboxylic acids is 1. The number of hydrogen-bond acceptors (Lipinski definition) is 3. The Balaban J connectivity index is 2.81. The van der Waals surface area contributed by atoms with Gasteiger partial charge in [0.2, 0.25) is 5.91 Å². The van der Waals surface area contributed by atoms with Crippen LogP contribution in [-0.4, -0.2) is 23.4 Å². The first-order valence-electron chi connectivity index (χ1n) is 7.56. The van der Waals surface area contributed by atoms with Crippen molar-refractivity contribution >= 4 is 5.91 Å². The molecule has 0 saturated carbocycles. The van der Waals surface area contributed by atoms with E-state index in [-0.39, 0.29) is 11.8 Å². The molecular formula is C17H25N3O. The maximum atomic E-state index is 12.5. The average Bonchev–Trinajstić information content (AvgIpc) is 2.52. The van der Waals surface area contributed by atoms with Crippen molar-refractivity contribution < 1.29 is 4.79 Å². The summed E-state index contributed by atoms with van der Waals surface area (Å²) in [5.74, 6) is 0.188. The summed E-state index contributed by atoms with van der Waals surface area (Å²) in [7, 11) is 0. The molecule has 21 heavy (non-hydrogen) atoms. The van der Waals surface area contributed by atoms with E-state index in [0.717, 1.165) is 18.4 Å². The van der Waals surface area contributed by atoms with Crippen LogP contribution < -0.4 is 5.73 Å². The van der Waals surface area contributed by atoms with Crippen molar-refractivity contribution in [1.29, 1.82) is 5.26 Å². The van der Waals surface area contributed by atoms with E-state index >= 15 is 0 Å². The van der Waals surface area contributed by atoms with Gasteiger partial charge in [0.1, 0.15) is 0 Å². The predicted molar refractivity (Wildman–Crippen MR) is 84.3 cm³/mol. The van der Waals surface area contributed by atoms with Gasteiger partial charge in [-0.25, -0.2) is 0 Å². The zero-order valence-electron chi connectivity index (χ0n) is 13.2. The van der Waals surface area contributed by atoms with E-state index in [1.165, 1.54) is 0 Å². The molecule has 0 unspecified atom stereocenters. The third-order valence-corrected chi connectivity index (χ3v) is 3.80. The molecule has 4 nitrogen and oxygen atoms in total. The lowest BCUT2D eigenvalue weighted by atomic mass is 9.98. The van der Waals surface area contributed by atoms with E-state index in [4.69, 9.17) is 11.0 Å². The van der Waals surface area contributed by atoms with Crippen molar-refractivity contribution in [3.8, 4) is 6.07 Å². The Hall–Kier alpha value is -1.86. The molecule has 0 saturated heterocycles. The normalized spacial score (nSPS) is 13.3. The van der Waals surface area contributed by atoms with E-state index in [1.807, 2.05) is 37.8 Å². The number of nitrogens with two attached hydrogens (primary N) is 1. The molecule has 2 atom stereocenters. The summed E-state index contributed by atoms with van der Waals surface area (Å²) in [6.45, 7) is 7.34. The van der Waals surface area contributed by atoms with E-state index in [9.17, 15) is 4.79 Å². The van der Waals surface area contributed by atoms with Crippen LogP contribution in [0.25, 0.3) is 0 Å². The molecule has 0 fully saturated rings. The lowest BCUT2D eigenvalue weighted by Gasteiger charge is -2.28. The third kappa shape index (κ3) is 4.87. The van der Waals surface area contributed by atoms with E-state index in [0.29, 0.717) is 18.7 Å². The van der Waals surface area contributed by atoms with Crippen molar-refractivity contribution in [2.75, 3.05) is 6.54 Å². The molecule has 0 aromatic heterocycles. The first kappa shape index (κ1) is 17.2. The van der Waals surface area contributed by atoms with E-state index < -0.39 is 6.04 Å². The van der Waals surface area contributed by atoms with Gasteiger partial charge in [-0.2, -0.15) is 5.26 Å². The Labute approximate surface area is 127 Å². The molecule has 1 aromatic rings. The third-order valence-electron chi connectivity index (χ3n) is 3.80. The first-order chi connectivity index (χ1) is 10.0. The fourth-order valence-electron chi connectivity index (χ4n) is 2.15. The second kappa shape index (κ2) is 8.43. The Bertz CT molecular complexity index is 490. The second-order valence-corrected chi connectivity index (χ2v) is 5.48. The number of benzene rings is 1. The molecule has 2 N–H and O–H groups in total. The second-order valence-electron chi connectivity index (χ2n) is 5.48. The van der Waals surface area contributed by atoms with Crippen LogP contribution >= 0.6 is 0 Å². The van der Waals surface area contributed by atoms with Crippen LogP contribution in [0.1, 0.15) is 44.7 Å². The minimum absolute atomic E-state index is 0.00978. The van der Waals surface area contributed by atoms with Crippen LogP contribution in [0.3, 0.4) is 0 Å². The fourth-order valence-corrected chi connectivity index (χ4v) is 2.15. The standard InChI is InChI=1S/C17H25N3O/c1-4-10-20(17(21)16(19)13(3)5-2)12-15-8-6-14(11-18)7-9-15/h6-9,13,16H,4-5,10,12,19H2,1-3H3/t13-,16-/m0/s1. The number of carbonyl (C=O) groups is 1. The van der Waals surface area contributed by atoms with Crippen molar-refractivity contribution in [3.63, 3.8) is 0 Å². The first-order valence-corrected chi connectivity index (χ1v) is 7.56. The van der Waals surface area contributed by atoms with E-state index in [2.05, 4.69) is 6.07 Å². The Kier molecular flexibility index (Phi) is 6.90. The molecule has 0 spiro atoms. The van der Waals surface area contributed by atoms with Crippen LogP contribution in [0.4, 0.5) is 0 Å². The minimum Gasteiger partial charge on any atom is -0.337 e. The predicted octanol–water partition coefficient (Wildman–Crippen LogP) is 2.67.